The summed E-state index contributed by atoms with van der Waals surface area (Å²) in [5.74, 6) is 0.118. The zero-order chi connectivity index (χ0) is 24.0. The minimum Gasteiger partial charge on any atom is -0.404 e. The molecular formula is C28H37NO4Si. The van der Waals surface area contributed by atoms with Gasteiger partial charge in [0.05, 0.1) is 12.2 Å². The van der Waals surface area contributed by atoms with Crippen LogP contribution in [-0.2, 0) is 18.7 Å². The maximum atomic E-state index is 12.8. The first kappa shape index (κ1) is 23.9. The van der Waals surface area contributed by atoms with Crippen molar-refractivity contribution in [1.29, 1.82) is 0 Å². The highest BCUT2D eigenvalue weighted by Crippen LogP contribution is 2.55. The summed E-state index contributed by atoms with van der Waals surface area (Å²) >= 11 is 0. The van der Waals surface area contributed by atoms with Gasteiger partial charge < -0.3 is 18.7 Å². The van der Waals surface area contributed by atoms with Crippen LogP contribution in [0, 0.1) is 5.92 Å². The minimum absolute atomic E-state index is 0.0106. The van der Waals surface area contributed by atoms with Gasteiger partial charge in [0.15, 0.2) is 0 Å². The average molecular weight is 480 g/mol. The highest BCUT2D eigenvalue weighted by atomic mass is 28.4. The molecule has 34 heavy (non-hydrogen) atoms. The second-order valence-electron chi connectivity index (χ2n) is 11.1. The maximum Gasteiger partial charge on any atom is 0.261 e. The van der Waals surface area contributed by atoms with E-state index >= 15 is 0 Å². The Kier molecular flexibility index (Phi) is 6.32. The molecule has 0 saturated carbocycles. The first-order valence-electron chi connectivity index (χ1n) is 12.5. The molecule has 2 aromatic carbocycles. The van der Waals surface area contributed by atoms with E-state index in [0.29, 0.717) is 6.04 Å². The van der Waals surface area contributed by atoms with Crippen LogP contribution in [0.1, 0.15) is 40.0 Å². The normalized spacial score (nSPS) is 32.6. The Hall–Kier alpha value is -1.83. The quantitative estimate of drug-likeness (QED) is 0.330. The molecule has 5 rings (SSSR count). The lowest BCUT2D eigenvalue weighted by Gasteiger charge is -2.50. The number of methoxy groups -OCH3 is 1. The summed E-state index contributed by atoms with van der Waals surface area (Å²) in [4.78, 5) is 15.2. The van der Waals surface area contributed by atoms with Gasteiger partial charge in [-0.15, -0.1) is 0 Å². The molecule has 0 spiro atoms. The Morgan fingerprint density at radius 1 is 1.03 bits per heavy atom. The Morgan fingerprint density at radius 2 is 1.65 bits per heavy atom. The molecule has 0 N–H and O–H groups in total. The van der Waals surface area contributed by atoms with Crippen LogP contribution in [0.25, 0.3) is 0 Å². The highest BCUT2D eigenvalue weighted by molar-refractivity contribution is 6.99. The molecule has 1 unspecified atom stereocenters. The molecule has 3 aliphatic rings. The predicted octanol–water partition coefficient (Wildman–Crippen LogP) is 3.36. The monoisotopic (exact) mass is 479 g/mol. The lowest BCUT2D eigenvalue weighted by Crippen LogP contribution is -2.70. The molecule has 0 aliphatic carbocycles. The van der Waals surface area contributed by atoms with Gasteiger partial charge in [0.2, 0.25) is 0 Å². The summed E-state index contributed by atoms with van der Waals surface area (Å²) in [5.41, 5.74) is -0.614. The number of piperidine rings is 1. The molecule has 3 aliphatic heterocycles. The van der Waals surface area contributed by atoms with Gasteiger partial charge in [0.25, 0.3) is 8.32 Å². The molecule has 3 saturated heterocycles. The van der Waals surface area contributed by atoms with Gasteiger partial charge in [0, 0.05) is 19.1 Å². The van der Waals surface area contributed by atoms with Crippen LogP contribution in [0.2, 0.25) is 5.04 Å². The molecule has 3 fully saturated rings. The molecule has 3 heterocycles. The van der Waals surface area contributed by atoms with Crippen molar-refractivity contribution < 1.29 is 18.7 Å². The largest absolute Gasteiger partial charge is 0.404 e. The lowest BCUT2D eigenvalue weighted by molar-refractivity contribution is -0.144. The van der Waals surface area contributed by atoms with Crippen LogP contribution < -0.4 is 10.4 Å². The summed E-state index contributed by atoms with van der Waals surface area (Å²) in [5, 5.41) is 2.48. The Morgan fingerprint density at radius 3 is 2.18 bits per heavy atom. The van der Waals surface area contributed by atoms with Crippen molar-refractivity contribution >= 4 is 25.0 Å². The van der Waals surface area contributed by atoms with Gasteiger partial charge in [-0.3, -0.25) is 4.90 Å². The molecule has 5 nitrogen and oxygen atoms in total. The number of nitrogens with zero attached hydrogens (tertiary/aromatic N) is 1. The fraction of sp³-hybridized carbons (Fsp3) is 0.536. The Labute approximate surface area is 204 Å². The van der Waals surface area contributed by atoms with Crippen molar-refractivity contribution in [1.82, 2.24) is 4.90 Å². The Bertz CT molecular complexity index is 955. The predicted molar refractivity (Wildman–Crippen MR) is 136 cm³/mol. The molecule has 0 amide bonds. The lowest BCUT2D eigenvalue weighted by atomic mass is 9.78. The van der Waals surface area contributed by atoms with Gasteiger partial charge in [-0.05, 0) is 41.2 Å². The van der Waals surface area contributed by atoms with E-state index in [-0.39, 0.29) is 30.0 Å². The van der Waals surface area contributed by atoms with E-state index < -0.39 is 13.9 Å². The first-order chi connectivity index (χ1) is 16.4. The van der Waals surface area contributed by atoms with Crippen molar-refractivity contribution in [2.24, 2.45) is 5.92 Å². The van der Waals surface area contributed by atoms with Crippen molar-refractivity contribution in [3.63, 3.8) is 0 Å². The average Bonchev–Trinajstić information content (AvgIpc) is 3.25. The number of benzene rings is 2. The van der Waals surface area contributed by atoms with Crippen LogP contribution in [-0.4, -0.2) is 63.7 Å². The second kappa shape index (κ2) is 8.99. The third-order valence-electron chi connectivity index (χ3n) is 8.49. The van der Waals surface area contributed by atoms with Gasteiger partial charge in [0.1, 0.15) is 18.6 Å². The zero-order valence-electron chi connectivity index (χ0n) is 20.8. The maximum absolute atomic E-state index is 12.8. The van der Waals surface area contributed by atoms with E-state index in [9.17, 15) is 4.79 Å². The second-order valence-corrected chi connectivity index (χ2v) is 15.4. The Balaban J connectivity index is 1.60. The molecule has 0 radical (unpaired) electrons. The topological polar surface area (TPSA) is 48.0 Å². The molecular weight excluding hydrogens is 442 g/mol. The van der Waals surface area contributed by atoms with Crippen molar-refractivity contribution in [3.05, 3.63) is 60.7 Å². The fourth-order valence-electron chi connectivity index (χ4n) is 7.17. The van der Waals surface area contributed by atoms with E-state index in [1.54, 1.807) is 7.11 Å². The van der Waals surface area contributed by atoms with E-state index in [2.05, 4.69) is 86.3 Å². The third kappa shape index (κ3) is 3.46. The number of ether oxygens (including phenoxy) is 2. The van der Waals surface area contributed by atoms with E-state index in [0.717, 1.165) is 25.8 Å². The molecule has 6 atom stereocenters. The fourth-order valence-corrected chi connectivity index (χ4v) is 11.9. The summed E-state index contributed by atoms with van der Waals surface area (Å²) in [6.45, 7) is 8.10. The first-order valence-corrected chi connectivity index (χ1v) is 14.4. The van der Waals surface area contributed by atoms with Crippen molar-refractivity contribution in [2.45, 2.75) is 68.9 Å². The number of rotatable bonds is 8. The van der Waals surface area contributed by atoms with Gasteiger partial charge in [-0.1, -0.05) is 81.4 Å². The zero-order valence-corrected chi connectivity index (χ0v) is 21.8. The van der Waals surface area contributed by atoms with E-state index in [1.807, 2.05) is 0 Å². The molecule has 2 aromatic rings. The smallest absolute Gasteiger partial charge is 0.261 e. The summed E-state index contributed by atoms with van der Waals surface area (Å²) < 4.78 is 18.9. The van der Waals surface area contributed by atoms with Gasteiger partial charge >= 0.3 is 0 Å². The summed E-state index contributed by atoms with van der Waals surface area (Å²) in [6.07, 6.45) is 3.81. The number of aldehydes is 1. The molecule has 4 bridgehead atoms. The van der Waals surface area contributed by atoms with Crippen LogP contribution >= 0.6 is 0 Å². The summed E-state index contributed by atoms with van der Waals surface area (Å²) in [7, 11) is -1.06. The van der Waals surface area contributed by atoms with E-state index in [4.69, 9.17) is 13.9 Å². The summed E-state index contributed by atoms with van der Waals surface area (Å²) in [6, 6.07) is 21.9. The molecule has 6 heteroatoms. The van der Waals surface area contributed by atoms with E-state index in [1.165, 1.54) is 16.7 Å². The third-order valence-corrected chi connectivity index (χ3v) is 13.6. The van der Waals surface area contributed by atoms with Crippen LogP contribution in [0.3, 0.4) is 0 Å². The number of hydrogen-bond donors (Lipinski definition) is 0. The van der Waals surface area contributed by atoms with Crippen LogP contribution in [0.5, 0.6) is 0 Å². The highest BCUT2D eigenvalue weighted by Gasteiger charge is 2.68. The van der Waals surface area contributed by atoms with Gasteiger partial charge in [-0.25, -0.2) is 0 Å². The minimum atomic E-state index is -2.70. The van der Waals surface area contributed by atoms with Crippen LogP contribution in [0.15, 0.2) is 60.7 Å². The number of carbonyl (C=O) groups excluding carboxylic acids is 1. The van der Waals surface area contributed by atoms with Crippen molar-refractivity contribution in [2.75, 3.05) is 20.4 Å². The molecule has 182 valence electrons. The molecule has 0 aromatic heterocycles. The SMILES string of the molecule is COCO[C@H]1C[C@H]2C[C@H](O[Si](c3ccccc3)(c3ccccc3)C(C)(C)C)[C@@H]3CCN2[C@]13C=O. The van der Waals surface area contributed by atoms with Gasteiger partial charge in [-0.2, -0.15) is 0 Å². The standard InChI is InChI=1S/C28H37NO4Si/c1-27(2,3)34(22-11-7-5-8-12-22,23-13-9-6-10-14-23)33-25-17-21-18-26(32-20-31-4)28(19-30)24(25)15-16-29(21)28/h5-14,19,21,24-26H,15-18,20H2,1-4H3/t21-,24+,25+,26+,28+/m1/s1. The van der Waals surface area contributed by atoms with Crippen LogP contribution in [0.4, 0.5) is 0 Å². The number of hydrogen-bond acceptors (Lipinski definition) is 5. The number of carbonyl (C=O) groups is 1. The van der Waals surface area contributed by atoms with Crippen molar-refractivity contribution in [3.8, 4) is 0 Å².